The number of hydrogen-bond acceptors (Lipinski definition) is 6. The van der Waals surface area contributed by atoms with E-state index in [1.54, 1.807) is 44.2 Å². The molecule has 0 saturated heterocycles. The first-order valence-corrected chi connectivity index (χ1v) is 7.88. The molecule has 0 saturated carbocycles. The molecule has 0 aliphatic rings. The molecule has 1 aromatic rings. The molecule has 0 radical (unpaired) electrons. The minimum absolute atomic E-state index is 0.280. The number of rotatable bonds is 10. The summed E-state index contributed by atoms with van der Waals surface area (Å²) in [6, 6.07) is 7.43. The first-order chi connectivity index (χ1) is 12.3. The van der Waals surface area contributed by atoms with Crippen LogP contribution in [0.1, 0.15) is 25.5 Å². The number of hydrogen-bond donors (Lipinski definition) is 3. The summed E-state index contributed by atoms with van der Waals surface area (Å²) < 4.78 is 5.14. The minimum atomic E-state index is -1.05. The van der Waals surface area contributed by atoms with Gasteiger partial charge in [0.25, 0.3) is 5.91 Å². The maximum atomic E-state index is 12.2. The van der Waals surface area contributed by atoms with Gasteiger partial charge in [0.2, 0.25) is 18.1 Å². The van der Waals surface area contributed by atoms with Crippen LogP contribution in [0.15, 0.2) is 30.3 Å². The van der Waals surface area contributed by atoms with Gasteiger partial charge in [0.05, 0.1) is 19.2 Å². The lowest BCUT2D eigenvalue weighted by molar-refractivity contribution is -0.151. The maximum Gasteiger partial charge on any atom is 0.333 e. The third-order valence-corrected chi connectivity index (χ3v) is 3.03. The van der Waals surface area contributed by atoms with E-state index in [4.69, 9.17) is 4.74 Å². The molecule has 0 spiro atoms. The SMILES string of the molecule is CC(C)OC(=O)C(NC(=O)CNC(=O)C(=O)CNC=O)c1ccccc1. The molecular weight excluding hydrogens is 342 g/mol. The van der Waals surface area contributed by atoms with Gasteiger partial charge in [-0.05, 0) is 19.4 Å². The van der Waals surface area contributed by atoms with Gasteiger partial charge in [-0.3, -0.25) is 19.2 Å². The van der Waals surface area contributed by atoms with Crippen molar-refractivity contribution >= 4 is 30.0 Å². The van der Waals surface area contributed by atoms with Gasteiger partial charge in [0.15, 0.2) is 6.04 Å². The number of esters is 1. The fraction of sp³-hybridized carbons (Fsp3) is 0.353. The fourth-order valence-electron chi connectivity index (χ4n) is 1.91. The molecule has 9 heteroatoms. The summed E-state index contributed by atoms with van der Waals surface area (Å²) >= 11 is 0. The van der Waals surface area contributed by atoms with E-state index in [1.807, 2.05) is 0 Å². The molecule has 0 aliphatic carbocycles. The van der Waals surface area contributed by atoms with Crippen LogP contribution in [0.2, 0.25) is 0 Å². The number of ketones is 1. The molecule has 3 N–H and O–H groups in total. The van der Waals surface area contributed by atoms with Gasteiger partial charge in [-0.25, -0.2) is 4.79 Å². The molecule has 140 valence electrons. The number of nitrogens with one attached hydrogen (secondary N) is 3. The third kappa shape index (κ3) is 7.12. The average Bonchev–Trinajstić information content (AvgIpc) is 2.62. The zero-order chi connectivity index (χ0) is 19.5. The average molecular weight is 363 g/mol. The lowest BCUT2D eigenvalue weighted by atomic mass is 10.1. The van der Waals surface area contributed by atoms with E-state index in [9.17, 15) is 24.0 Å². The van der Waals surface area contributed by atoms with Crippen LogP contribution >= 0.6 is 0 Å². The van der Waals surface area contributed by atoms with Gasteiger partial charge in [0, 0.05) is 0 Å². The lowest BCUT2D eigenvalue weighted by Gasteiger charge is -2.19. The first kappa shape index (κ1) is 20.8. The van der Waals surface area contributed by atoms with Crippen LogP contribution in [-0.4, -0.2) is 49.2 Å². The standard InChI is InChI=1S/C17H21N3O6/c1-11(2)26-17(25)15(12-6-4-3-5-7-12)20-14(23)9-19-16(24)13(22)8-18-10-21/h3-7,10-11,15H,8-9H2,1-2H3,(H,18,21)(H,19,24)(H,20,23). The maximum absolute atomic E-state index is 12.2. The second-order valence-electron chi connectivity index (χ2n) is 5.50. The van der Waals surface area contributed by atoms with Crippen LogP contribution in [-0.2, 0) is 28.7 Å². The monoisotopic (exact) mass is 363 g/mol. The quantitative estimate of drug-likeness (QED) is 0.284. The first-order valence-electron chi connectivity index (χ1n) is 7.88. The Balaban J connectivity index is 2.68. The van der Waals surface area contributed by atoms with Crippen LogP contribution in [0.4, 0.5) is 0 Å². The highest BCUT2D eigenvalue weighted by Gasteiger charge is 2.25. The van der Waals surface area contributed by atoms with Gasteiger partial charge in [0.1, 0.15) is 0 Å². The Morgan fingerprint density at radius 3 is 2.31 bits per heavy atom. The molecule has 0 heterocycles. The predicted octanol–water partition coefficient (Wildman–Crippen LogP) is -0.773. The summed E-state index contributed by atoms with van der Waals surface area (Å²) in [5.41, 5.74) is 0.518. The van der Waals surface area contributed by atoms with Gasteiger partial charge >= 0.3 is 5.97 Å². The van der Waals surface area contributed by atoms with Crippen LogP contribution < -0.4 is 16.0 Å². The molecule has 0 bridgehead atoms. The summed E-state index contributed by atoms with van der Waals surface area (Å²) in [5.74, 6) is -3.24. The normalized spacial score (nSPS) is 11.2. The molecule has 3 amide bonds. The number of Topliss-reactive ketones (excluding diaryl/α,β-unsaturated/α-hetero) is 1. The topological polar surface area (TPSA) is 131 Å². The summed E-state index contributed by atoms with van der Waals surface area (Å²) in [6.07, 6.45) is -0.0869. The zero-order valence-corrected chi connectivity index (χ0v) is 14.5. The largest absolute Gasteiger partial charge is 0.461 e. The van der Waals surface area contributed by atoms with E-state index >= 15 is 0 Å². The highest BCUT2D eigenvalue weighted by atomic mass is 16.5. The molecule has 1 atom stereocenters. The molecular formula is C17H21N3O6. The fourth-order valence-corrected chi connectivity index (χ4v) is 1.91. The van der Waals surface area contributed by atoms with Gasteiger partial charge < -0.3 is 20.7 Å². The van der Waals surface area contributed by atoms with Gasteiger partial charge in [-0.2, -0.15) is 0 Å². The van der Waals surface area contributed by atoms with E-state index in [-0.39, 0.29) is 12.5 Å². The van der Waals surface area contributed by atoms with Crippen molar-refractivity contribution < 1.29 is 28.7 Å². The van der Waals surface area contributed by atoms with E-state index in [0.29, 0.717) is 5.56 Å². The molecule has 9 nitrogen and oxygen atoms in total. The van der Waals surface area contributed by atoms with E-state index in [2.05, 4.69) is 16.0 Å². The predicted molar refractivity (Wildman–Crippen MR) is 90.6 cm³/mol. The summed E-state index contributed by atoms with van der Waals surface area (Å²) in [4.78, 5) is 57.2. The summed E-state index contributed by atoms with van der Waals surface area (Å²) in [6.45, 7) is 2.39. The van der Waals surface area contributed by atoms with Crippen LogP contribution in [0.5, 0.6) is 0 Å². The highest BCUT2D eigenvalue weighted by molar-refractivity contribution is 6.37. The van der Waals surface area contributed by atoms with Crippen molar-refractivity contribution in [2.24, 2.45) is 0 Å². The number of ether oxygens (including phenoxy) is 1. The summed E-state index contributed by atoms with van der Waals surface area (Å²) in [7, 11) is 0. The van der Waals surface area contributed by atoms with Crippen LogP contribution in [0.25, 0.3) is 0 Å². The van der Waals surface area contributed by atoms with E-state index < -0.39 is 42.7 Å². The second kappa shape index (κ2) is 10.6. The smallest absolute Gasteiger partial charge is 0.333 e. The lowest BCUT2D eigenvalue weighted by Crippen LogP contribution is -2.44. The minimum Gasteiger partial charge on any atom is -0.461 e. The Bertz CT molecular complexity index is 660. The van der Waals surface area contributed by atoms with E-state index in [0.717, 1.165) is 0 Å². The van der Waals surface area contributed by atoms with Crippen molar-refractivity contribution in [3.63, 3.8) is 0 Å². The molecule has 0 aliphatic heterocycles. The van der Waals surface area contributed by atoms with Crippen molar-refractivity contribution in [1.29, 1.82) is 0 Å². The molecule has 1 rings (SSSR count). The molecule has 26 heavy (non-hydrogen) atoms. The molecule has 0 fully saturated rings. The second-order valence-corrected chi connectivity index (χ2v) is 5.50. The number of carbonyl (C=O) groups excluding carboxylic acids is 5. The number of benzene rings is 1. The zero-order valence-electron chi connectivity index (χ0n) is 14.5. The Morgan fingerprint density at radius 1 is 1.08 bits per heavy atom. The van der Waals surface area contributed by atoms with Crippen LogP contribution in [0.3, 0.4) is 0 Å². The highest BCUT2D eigenvalue weighted by Crippen LogP contribution is 2.15. The Labute approximate surface area is 150 Å². The van der Waals surface area contributed by atoms with Crippen LogP contribution in [0, 0.1) is 0 Å². The van der Waals surface area contributed by atoms with Crippen molar-refractivity contribution in [3.8, 4) is 0 Å². The number of amides is 3. The van der Waals surface area contributed by atoms with E-state index in [1.165, 1.54) is 0 Å². The molecule has 0 aromatic heterocycles. The third-order valence-electron chi connectivity index (χ3n) is 3.03. The van der Waals surface area contributed by atoms with Gasteiger partial charge in [-0.1, -0.05) is 30.3 Å². The van der Waals surface area contributed by atoms with Crippen molar-refractivity contribution in [2.45, 2.75) is 26.0 Å². The van der Waals surface area contributed by atoms with Crippen molar-refractivity contribution in [3.05, 3.63) is 35.9 Å². The Hall–Kier alpha value is -3.23. The number of carbonyl (C=O) groups is 5. The Morgan fingerprint density at radius 2 is 1.73 bits per heavy atom. The van der Waals surface area contributed by atoms with Gasteiger partial charge in [-0.15, -0.1) is 0 Å². The molecule has 1 aromatic carbocycles. The van der Waals surface area contributed by atoms with Crippen molar-refractivity contribution in [2.75, 3.05) is 13.1 Å². The van der Waals surface area contributed by atoms with Crippen molar-refractivity contribution in [1.82, 2.24) is 16.0 Å². The Kier molecular flexibility index (Phi) is 8.48. The molecule has 1 unspecified atom stereocenters. The summed E-state index contributed by atoms with van der Waals surface area (Å²) in [5, 5.41) is 6.63.